The number of ether oxygens (including phenoxy) is 1. The van der Waals surface area contributed by atoms with Gasteiger partial charge in [-0.3, -0.25) is 24.5 Å². The highest BCUT2D eigenvalue weighted by Crippen LogP contribution is 2.29. The fraction of sp³-hybridized carbons (Fsp3) is 0.167. The van der Waals surface area contributed by atoms with Crippen LogP contribution in [0, 0.1) is 10.1 Å². The van der Waals surface area contributed by atoms with Gasteiger partial charge in [-0.2, -0.15) is 13.2 Å². The zero-order valence-electron chi connectivity index (χ0n) is 15.4. The van der Waals surface area contributed by atoms with Crippen LogP contribution in [0.25, 0.3) is 0 Å². The Balaban J connectivity index is 1.82. The van der Waals surface area contributed by atoms with Crippen molar-refractivity contribution in [1.82, 2.24) is 5.32 Å². The van der Waals surface area contributed by atoms with Gasteiger partial charge in [0.25, 0.3) is 17.5 Å². The second-order valence-corrected chi connectivity index (χ2v) is 6.32. The van der Waals surface area contributed by atoms with E-state index in [1.165, 1.54) is 12.1 Å². The fourth-order valence-electron chi connectivity index (χ4n) is 2.21. The summed E-state index contributed by atoms with van der Waals surface area (Å²) in [4.78, 5) is 45.5. The molecule has 0 spiro atoms. The monoisotopic (exact) mass is 459 g/mol. The number of hydrogen-bond donors (Lipinski definition) is 2. The predicted molar refractivity (Wildman–Crippen MR) is 101 cm³/mol. The first kappa shape index (κ1) is 23.6. The number of anilines is 1. The number of esters is 1. The number of carbonyl (C=O) groups is 3. The molecule has 0 saturated carbocycles. The van der Waals surface area contributed by atoms with E-state index < -0.39 is 53.3 Å². The number of nitrogens with one attached hydrogen (secondary N) is 2. The molecule has 2 amide bonds. The van der Waals surface area contributed by atoms with E-state index in [1.54, 1.807) is 0 Å². The molecule has 31 heavy (non-hydrogen) atoms. The second kappa shape index (κ2) is 9.89. The van der Waals surface area contributed by atoms with Gasteiger partial charge in [0.2, 0.25) is 0 Å². The minimum atomic E-state index is -4.55. The van der Waals surface area contributed by atoms with Gasteiger partial charge in [0.05, 0.1) is 10.5 Å². The lowest BCUT2D eigenvalue weighted by atomic mass is 10.1. The average Bonchev–Trinajstić information content (AvgIpc) is 2.71. The third-order valence-electron chi connectivity index (χ3n) is 3.66. The summed E-state index contributed by atoms with van der Waals surface area (Å²) >= 11 is 5.66. The van der Waals surface area contributed by atoms with Crippen molar-refractivity contribution in [3.63, 3.8) is 0 Å². The van der Waals surface area contributed by atoms with Crippen molar-refractivity contribution >= 4 is 40.8 Å². The van der Waals surface area contributed by atoms with Gasteiger partial charge >= 0.3 is 12.1 Å². The maximum atomic E-state index is 12.5. The summed E-state index contributed by atoms with van der Waals surface area (Å²) in [5.41, 5.74) is -1.67. The zero-order chi connectivity index (χ0) is 23.2. The molecular weight excluding hydrogens is 447 g/mol. The number of nitro groups is 1. The third kappa shape index (κ3) is 6.96. The summed E-state index contributed by atoms with van der Waals surface area (Å²) in [5, 5.41) is 15.4. The Morgan fingerprint density at radius 2 is 1.74 bits per heavy atom. The van der Waals surface area contributed by atoms with Crippen LogP contribution in [0.15, 0.2) is 42.5 Å². The molecule has 13 heteroatoms. The van der Waals surface area contributed by atoms with E-state index in [1.807, 2.05) is 0 Å². The van der Waals surface area contributed by atoms with Gasteiger partial charge < -0.3 is 15.4 Å². The lowest BCUT2D eigenvalue weighted by molar-refractivity contribution is -0.383. The maximum absolute atomic E-state index is 12.5. The molecule has 2 aromatic carbocycles. The maximum Gasteiger partial charge on any atom is 0.416 e. The van der Waals surface area contributed by atoms with Crippen LogP contribution in [0.5, 0.6) is 0 Å². The second-order valence-electron chi connectivity index (χ2n) is 5.89. The van der Waals surface area contributed by atoms with Crippen LogP contribution in [0.3, 0.4) is 0 Å². The van der Waals surface area contributed by atoms with Gasteiger partial charge in [-0.1, -0.05) is 11.6 Å². The van der Waals surface area contributed by atoms with Crippen molar-refractivity contribution < 1.29 is 37.2 Å². The van der Waals surface area contributed by atoms with Crippen LogP contribution in [0.2, 0.25) is 5.02 Å². The first-order chi connectivity index (χ1) is 14.5. The molecule has 0 saturated heterocycles. The van der Waals surface area contributed by atoms with Crippen LogP contribution in [-0.4, -0.2) is 35.9 Å². The standard InChI is InChI=1S/C18H13ClF3N3O6/c19-12-5-6-13(14(7-12)25(29)30)24-15(26)9-31-16(27)8-23-17(28)10-1-3-11(4-2-10)18(20,21)22/h1-7H,8-9H2,(H,23,28)(H,24,26). The Labute approximate surface area is 177 Å². The molecule has 0 atom stereocenters. The van der Waals surface area contributed by atoms with Crippen LogP contribution in [0.1, 0.15) is 15.9 Å². The zero-order valence-corrected chi connectivity index (χ0v) is 16.1. The molecule has 2 rings (SSSR count). The van der Waals surface area contributed by atoms with Crippen LogP contribution < -0.4 is 10.6 Å². The van der Waals surface area contributed by atoms with Crippen molar-refractivity contribution in [3.8, 4) is 0 Å². The Morgan fingerprint density at radius 3 is 2.32 bits per heavy atom. The fourth-order valence-corrected chi connectivity index (χ4v) is 2.38. The van der Waals surface area contributed by atoms with E-state index >= 15 is 0 Å². The molecule has 0 aliphatic rings. The van der Waals surface area contributed by atoms with E-state index in [-0.39, 0.29) is 16.3 Å². The Bertz CT molecular complexity index is 1010. The largest absolute Gasteiger partial charge is 0.454 e. The van der Waals surface area contributed by atoms with E-state index in [0.29, 0.717) is 12.1 Å². The summed E-state index contributed by atoms with van der Waals surface area (Å²) in [6, 6.07) is 6.85. The number of benzene rings is 2. The smallest absolute Gasteiger partial charge is 0.416 e. The topological polar surface area (TPSA) is 128 Å². The van der Waals surface area contributed by atoms with Gasteiger partial charge in [-0.25, -0.2) is 0 Å². The van der Waals surface area contributed by atoms with Crippen molar-refractivity contribution in [1.29, 1.82) is 0 Å². The lowest BCUT2D eigenvalue weighted by Crippen LogP contribution is -2.32. The van der Waals surface area contributed by atoms with Gasteiger partial charge in [-0.15, -0.1) is 0 Å². The highest BCUT2D eigenvalue weighted by Gasteiger charge is 2.30. The number of halogens is 4. The molecule has 0 aliphatic heterocycles. The van der Waals surface area contributed by atoms with E-state index in [4.69, 9.17) is 11.6 Å². The first-order valence-electron chi connectivity index (χ1n) is 8.32. The molecule has 0 aliphatic carbocycles. The molecule has 164 valence electrons. The predicted octanol–water partition coefficient (Wildman–Crippen LogP) is 3.18. The third-order valence-corrected chi connectivity index (χ3v) is 3.90. The number of nitro benzene ring substituents is 1. The quantitative estimate of drug-likeness (QED) is 0.372. The molecule has 0 bridgehead atoms. The van der Waals surface area contributed by atoms with Crippen molar-refractivity contribution in [2.75, 3.05) is 18.5 Å². The van der Waals surface area contributed by atoms with Crippen LogP contribution in [0.4, 0.5) is 24.5 Å². The summed E-state index contributed by atoms with van der Waals surface area (Å²) in [5.74, 6) is -2.72. The van der Waals surface area contributed by atoms with E-state index in [0.717, 1.165) is 18.2 Å². The summed E-state index contributed by atoms with van der Waals surface area (Å²) in [6.45, 7) is -1.46. The minimum absolute atomic E-state index is 0.0833. The summed E-state index contributed by atoms with van der Waals surface area (Å²) < 4.78 is 42.2. The molecule has 0 radical (unpaired) electrons. The number of alkyl halides is 3. The molecule has 0 aromatic heterocycles. The Hall–Kier alpha value is -3.67. The van der Waals surface area contributed by atoms with E-state index in [9.17, 15) is 37.7 Å². The molecule has 0 unspecified atom stereocenters. The molecule has 0 fully saturated rings. The van der Waals surface area contributed by atoms with Crippen LogP contribution >= 0.6 is 11.6 Å². The van der Waals surface area contributed by atoms with Crippen molar-refractivity contribution in [3.05, 3.63) is 68.7 Å². The molecule has 2 aromatic rings. The number of hydrogen-bond acceptors (Lipinski definition) is 6. The lowest BCUT2D eigenvalue weighted by Gasteiger charge is -2.09. The van der Waals surface area contributed by atoms with Crippen molar-refractivity contribution in [2.45, 2.75) is 6.18 Å². The summed E-state index contributed by atoms with van der Waals surface area (Å²) in [6.07, 6.45) is -4.55. The first-order valence-corrected chi connectivity index (χ1v) is 8.70. The molecule has 9 nitrogen and oxygen atoms in total. The summed E-state index contributed by atoms with van der Waals surface area (Å²) in [7, 11) is 0. The van der Waals surface area contributed by atoms with Crippen LogP contribution in [-0.2, 0) is 20.5 Å². The minimum Gasteiger partial charge on any atom is -0.454 e. The molecule has 0 heterocycles. The highest BCUT2D eigenvalue weighted by molar-refractivity contribution is 6.31. The SMILES string of the molecule is O=C(COC(=O)CNC(=O)c1ccc(C(F)(F)F)cc1)Nc1ccc(Cl)cc1[N+](=O)[O-]. The normalized spacial score (nSPS) is 10.8. The Morgan fingerprint density at radius 1 is 1.10 bits per heavy atom. The van der Waals surface area contributed by atoms with Gasteiger partial charge in [-0.05, 0) is 36.4 Å². The number of carbonyl (C=O) groups excluding carboxylic acids is 3. The van der Waals surface area contributed by atoms with Gasteiger partial charge in [0, 0.05) is 16.7 Å². The van der Waals surface area contributed by atoms with Gasteiger partial charge in [0.1, 0.15) is 12.2 Å². The highest BCUT2D eigenvalue weighted by atomic mass is 35.5. The number of rotatable bonds is 7. The molecule has 2 N–H and O–H groups in total. The Kier molecular flexibility index (Phi) is 7.53. The number of nitrogens with zero attached hydrogens (tertiary/aromatic N) is 1. The number of amides is 2. The van der Waals surface area contributed by atoms with E-state index in [2.05, 4.69) is 15.4 Å². The molecular formula is C18H13ClF3N3O6. The van der Waals surface area contributed by atoms with Gasteiger partial charge in [0.15, 0.2) is 6.61 Å². The average molecular weight is 460 g/mol. The van der Waals surface area contributed by atoms with Crippen molar-refractivity contribution in [2.24, 2.45) is 0 Å².